The van der Waals surface area contributed by atoms with E-state index in [0.29, 0.717) is 0 Å². The van der Waals surface area contributed by atoms with Gasteiger partial charge in [-0.2, -0.15) is 21.6 Å². The summed E-state index contributed by atoms with van der Waals surface area (Å²) >= 11 is 0. The molecule has 0 atom stereocenters. The molecule has 0 saturated carbocycles. The van der Waals surface area contributed by atoms with Crippen LogP contribution in [0.3, 0.4) is 0 Å². The molecule has 1 rings (SSSR count). The Balaban J connectivity index is 0.000000486. The molecule has 0 amide bonds. The minimum Gasteiger partial charge on any atom is -0.376 e. The quantitative estimate of drug-likeness (QED) is 0.482. The molecule has 0 aromatic heterocycles. The number of hydrogen-bond donors (Lipinski definition) is 0. The summed E-state index contributed by atoms with van der Waals surface area (Å²) in [4.78, 5) is 20.1. The molecule has 0 N–H and O–H groups in total. The predicted octanol–water partition coefficient (Wildman–Crippen LogP) is 2.47. The molecule has 5 nitrogen and oxygen atoms in total. The van der Waals surface area contributed by atoms with E-state index in [4.69, 9.17) is 0 Å². The fourth-order valence-electron chi connectivity index (χ4n) is 1.00. The van der Waals surface area contributed by atoms with Crippen molar-refractivity contribution in [3.63, 3.8) is 0 Å². The molecular weight excluding hydrogens is 313 g/mol. The number of halogens is 3. The van der Waals surface area contributed by atoms with Crippen molar-refractivity contribution in [1.82, 2.24) is 0 Å². The van der Waals surface area contributed by atoms with Gasteiger partial charge in [-0.1, -0.05) is 18.2 Å². The van der Waals surface area contributed by atoms with E-state index in [9.17, 15) is 31.2 Å². The van der Waals surface area contributed by atoms with Crippen LogP contribution in [0.2, 0.25) is 0 Å². The Kier molecular flexibility index (Phi) is 7.07. The zero-order chi connectivity index (χ0) is 16.7. The zero-order valence-electron chi connectivity index (χ0n) is 11.2. The van der Waals surface area contributed by atoms with Crippen molar-refractivity contribution in [3.8, 4) is 5.75 Å². The van der Waals surface area contributed by atoms with Crippen molar-refractivity contribution >= 4 is 21.7 Å². The number of para-hydroxylation sites is 1. The van der Waals surface area contributed by atoms with Crippen LogP contribution in [0.25, 0.3) is 0 Å². The van der Waals surface area contributed by atoms with Crippen molar-refractivity contribution in [2.24, 2.45) is 0 Å². The van der Waals surface area contributed by atoms with Gasteiger partial charge in [-0.05, 0) is 26.0 Å². The first kappa shape index (κ1) is 19.1. The summed E-state index contributed by atoms with van der Waals surface area (Å²) < 4.78 is 60.2. The highest BCUT2D eigenvalue weighted by atomic mass is 32.2. The fraction of sp³-hybridized carbons (Fsp3) is 0.333. The lowest BCUT2D eigenvalue weighted by molar-refractivity contribution is -0.124. The second kappa shape index (κ2) is 7.77. The first-order chi connectivity index (χ1) is 9.45. The van der Waals surface area contributed by atoms with Crippen LogP contribution < -0.4 is 4.18 Å². The second-order valence-electron chi connectivity index (χ2n) is 3.88. The van der Waals surface area contributed by atoms with Crippen molar-refractivity contribution in [1.29, 1.82) is 0 Å². The summed E-state index contributed by atoms with van der Waals surface area (Å²) in [5.74, 6) is -0.496. The molecule has 21 heavy (non-hydrogen) atoms. The third kappa shape index (κ3) is 8.08. The van der Waals surface area contributed by atoms with Gasteiger partial charge in [0.05, 0.1) is 6.42 Å². The SMILES string of the molecule is CC(=O)CC(C)=O.O=S(=O)(Oc1ccccc1)C(F)(F)F. The Morgan fingerprint density at radius 1 is 1.05 bits per heavy atom. The van der Waals surface area contributed by atoms with Crippen molar-refractivity contribution < 1.29 is 35.4 Å². The lowest BCUT2D eigenvalue weighted by Crippen LogP contribution is -2.27. The lowest BCUT2D eigenvalue weighted by atomic mass is 10.2. The van der Waals surface area contributed by atoms with Gasteiger partial charge < -0.3 is 4.18 Å². The van der Waals surface area contributed by atoms with Gasteiger partial charge >= 0.3 is 15.6 Å². The molecule has 0 radical (unpaired) electrons. The third-order valence-electron chi connectivity index (χ3n) is 1.73. The zero-order valence-corrected chi connectivity index (χ0v) is 12.0. The smallest absolute Gasteiger partial charge is 0.376 e. The molecule has 1 aromatic carbocycles. The van der Waals surface area contributed by atoms with Crippen LogP contribution in [-0.4, -0.2) is 25.5 Å². The minimum absolute atomic E-state index is 0.0625. The van der Waals surface area contributed by atoms with Gasteiger partial charge in [0.1, 0.15) is 17.3 Å². The van der Waals surface area contributed by atoms with Gasteiger partial charge in [-0.15, -0.1) is 0 Å². The molecule has 0 aliphatic rings. The molecule has 0 unspecified atom stereocenters. The van der Waals surface area contributed by atoms with Gasteiger partial charge in [0.2, 0.25) is 0 Å². The van der Waals surface area contributed by atoms with E-state index in [1.807, 2.05) is 0 Å². The van der Waals surface area contributed by atoms with E-state index in [1.165, 1.54) is 32.0 Å². The standard InChI is InChI=1S/C7H5F3O3S.C5H8O2/c8-7(9,10)14(11,12)13-6-4-2-1-3-5-6;1-4(6)3-5(2)7/h1-5H;3H2,1-2H3. The Hall–Kier alpha value is -1.90. The van der Waals surface area contributed by atoms with E-state index < -0.39 is 15.6 Å². The third-order valence-corrected chi connectivity index (χ3v) is 2.71. The van der Waals surface area contributed by atoms with Crippen molar-refractivity contribution in [3.05, 3.63) is 30.3 Å². The summed E-state index contributed by atoms with van der Waals surface area (Å²) in [5.41, 5.74) is -5.40. The first-order valence-electron chi connectivity index (χ1n) is 5.50. The van der Waals surface area contributed by atoms with E-state index >= 15 is 0 Å². The first-order valence-corrected chi connectivity index (χ1v) is 6.91. The fourth-order valence-corrected chi connectivity index (χ4v) is 1.46. The molecule has 0 fully saturated rings. The van der Waals surface area contributed by atoms with Crippen molar-refractivity contribution in [2.45, 2.75) is 25.8 Å². The van der Waals surface area contributed by atoms with Crippen LogP contribution in [0.5, 0.6) is 5.75 Å². The van der Waals surface area contributed by atoms with Crippen LogP contribution in [0.1, 0.15) is 20.3 Å². The molecule has 1 aromatic rings. The average molecular weight is 326 g/mol. The van der Waals surface area contributed by atoms with Crippen LogP contribution >= 0.6 is 0 Å². The molecular formula is C12H13F3O5S. The summed E-state index contributed by atoms with van der Waals surface area (Å²) in [7, 11) is -5.55. The Bertz CT molecular complexity index is 567. The monoisotopic (exact) mass is 326 g/mol. The maximum Gasteiger partial charge on any atom is 0.534 e. The van der Waals surface area contributed by atoms with Crippen LogP contribution in [-0.2, 0) is 19.7 Å². The second-order valence-corrected chi connectivity index (χ2v) is 5.41. The Morgan fingerprint density at radius 2 is 1.48 bits per heavy atom. The molecule has 0 saturated heterocycles. The van der Waals surface area contributed by atoms with Crippen LogP contribution in [0.4, 0.5) is 13.2 Å². The van der Waals surface area contributed by atoms with Gasteiger partial charge in [-0.25, -0.2) is 0 Å². The topological polar surface area (TPSA) is 77.5 Å². The van der Waals surface area contributed by atoms with Crippen molar-refractivity contribution in [2.75, 3.05) is 0 Å². The number of hydrogen-bond acceptors (Lipinski definition) is 5. The Morgan fingerprint density at radius 3 is 1.76 bits per heavy atom. The molecule has 0 heterocycles. The van der Waals surface area contributed by atoms with Crippen LogP contribution in [0.15, 0.2) is 30.3 Å². The summed E-state index contributed by atoms with van der Waals surface area (Å²) in [6.07, 6.45) is 0.0833. The maximum atomic E-state index is 11.8. The Labute approximate surface area is 119 Å². The van der Waals surface area contributed by atoms with Gasteiger partial charge in [0.25, 0.3) is 0 Å². The van der Waals surface area contributed by atoms with Gasteiger partial charge in [0.15, 0.2) is 0 Å². The number of Topliss-reactive ketones (excluding diaryl/α,β-unsaturated/α-hetero) is 2. The summed E-state index contributed by atoms with van der Waals surface area (Å²) in [6, 6.07) is 6.47. The number of alkyl halides is 3. The number of benzene rings is 1. The largest absolute Gasteiger partial charge is 0.534 e. The number of ketones is 2. The maximum absolute atomic E-state index is 11.8. The highest BCUT2D eigenvalue weighted by molar-refractivity contribution is 7.87. The predicted molar refractivity (Wildman–Crippen MR) is 68.0 cm³/mol. The van der Waals surface area contributed by atoms with Gasteiger partial charge in [-0.3, -0.25) is 9.59 Å². The number of rotatable bonds is 4. The minimum atomic E-state index is -5.55. The van der Waals surface area contributed by atoms with E-state index in [-0.39, 0.29) is 23.7 Å². The molecule has 0 aliphatic carbocycles. The molecule has 0 bridgehead atoms. The summed E-state index contributed by atoms with van der Waals surface area (Å²) in [5, 5.41) is 0. The van der Waals surface area contributed by atoms with Gasteiger partial charge in [0, 0.05) is 0 Å². The van der Waals surface area contributed by atoms with Crippen LogP contribution in [0, 0.1) is 0 Å². The molecule has 0 aliphatic heterocycles. The normalized spacial score (nSPS) is 11.1. The molecule has 118 valence electrons. The van der Waals surface area contributed by atoms with E-state index in [0.717, 1.165) is 12.1 Å². The average Bonchev–Trinajstić information content (AvgIpc) is 2.26. The highest BCUT2D eigenvalue weighted by Gasteiger charge is 2.48. The number of carbonyl (C=O) groups excluding carboxylic acids is 2. The highest BCUT2D eigenvalue weighted by Crippen LogP contribution is 2.26. The molecule has 0 spiro atoms. The van der Waals surface area contributed by atoms with E-state index in [1.54, 1.807) is 0 Å². The lowest BCUT2D eigenvalue weighted by Gasteiger charge is -2.08. The molecule has 9 heteroatoms. The van der Waals surface area contributed by atoms with E-state index in [2.05, 4.69) is 4.18 Å². The summed E-state index contributed by atoms with van der Waals surface area (Å²) in [6.45, 7) is 2.81. The number of carbonyl (C=O) groups is 2.